The van der Waals surface area contributed by atoms with Crippen LogP contribution in [0.2, 0.25) is 0 Å². The van der Waals surface area contributed by atoms with E-state index >= 15 is 0 Å². The third kappa shape index (κ3) is 90.9. The van der Waals surface area contributed by atoms with Crippen LogP contribution in [0.1, 0.15) is 40.5 Å². The lowest BCUT2D eigenvalue weighted by molar-refractivity contribution is -0.141. The van der Waals surface area contributed by atoms with E-state index < -0.39 is 0 Å². The van der Waals surface area contributed by atoms with Crippen molar-refractivity contribution < 1.29 is 25.2 Å². The molecule has 0 atom stereocenters. The Hall–Kier alpha value is -0.650. The Balaban J connectivity index is -0.0000000742. The van der Waals surface area contributed by atoms with Crippen LogP contribution in [0.15, 0.2) is 0 Å². The van der Waals surface area contributed by atoms with Gasteiger partial charge in [-0.1, -0.05) is 13.3 Å². The lowest BCUT2D eigenvalue weighted by Crippen LogP contribution is -1.99. The van der Waals surface area contributed by atoms with Crippen LogP contribution in [0, 0.1) is 0 Å². The topological polar surface area (TPSA) is 98.3 Å². The van der Waals surface area contributed by atoms with E-state index in [4.69, 9.17) is 10.2 Å². The average Bonchev–Trinajstić information content (AvgIpc) is 2.07. The Bertz CT molecular complexity index is 101. The minimum Gasteiger partial charge on any atom is -0.466 e. The number of esters is 1. The first kappa shape index (κ1) is 23.9. The van der Waals surface area contributed by atoms with Gasteiger partial charge in [0.2, 0.25) is 0 Å². The Morgan fingerprint density at radius 3 is 1.87 bits per heavy atom. The zero-order valence-electron chi connectivity index (χ0n) is 10.4. The second kappa shape index (κ2) is 23.3. The fraction of sp³-hybridized carbons (Fsp3) is 0.900. The van der Waals surface area contributed by atoms with Crippen molar-refractivity contribution in [3.8, 4) is 0 Å². The third-order valence-corrected chi connectivity index (χ3v) is 0.803. The molecule has 0 heterocycles. The summed E-state index contributed by atoms with van der Waals surface area (Å²) in [5, 5.41) is 15.1. The molecule has 0 amide bonds. The van der Waals surface area contributed by atoms with Gasteiger partial charge in [0.25, 0.3) is 0 Å². The number of aliphatic hydroxyl groups is 2. The first-order chi connectivity index (χ1) is 6.50. The quantitative estimate of drug-likeness (QED) is 0.541. The molecule has 0 fully saturated rings. The van der Waals surface area contributed by atoms with E-state index in [1.807, 2.05) is 0 Å². The number of hydrogen-bond acceptors (Lipinski definition) is 4. The van der Waals surface area contributed by atoms with Gasteiger partial charge in [-0.05, 0) is 20.3 Å². The largest absolute Gasteiger partial charge is 0.466 e. The van der Waals surface area contributed by atoms with Crippen molar-refractivity contribution in [2.75, 3.05) is 13.7 Å². The predicted molar refractivity (Wildman–Crippen MR) is 60.7 cm³/mol. The summed E-state index contributed by atoms with van der Waals surface area (Å²) in [5.41, 5.74) is 0. The van der Waals surface area contributed by atoms with Crippen molar-refractivity contribution in [2.45, 2.75) is 46.6 Å². The maximum atomic E-state index is 10.1. The molecule has 0 aliphatic rings. The summed E-state index contributed by atoms with van der Waals surface area (Å²) in [4.78, 5) is 10.1. The molecule has 0 spiro atoms. The highest BCUT2D eigenvalue weighted by atomic mass is 16.5. The summed E-state index contributed by atoms with van der Waals surface area (Å²) in [6.45, 7) is 7.50. The van der Waals surface area contributed by atoms with Crippen LogP contribution < -0.4 is 0 Å². The van der Waals surface area contributed by atoms with Crippen LogP contribution in [0.3, 0.4) is 0 Å². The van der Waals surface area contributed by atoms with Crippen LogP contribution in [0.4, 0.5) is 0 Å². The van der Waals surface area contributed by atoms with Crippen molar-refractivity contribution in [1.82, 2.24) is 0 Å². The number of rotatable bonds is 3. The van der Waals surface area contributed by atoms with Crippen LogP contribution in [0.5, 0.6) is 0 Å². The van der Waals surface area contributed by atoms with E-state index in [0.717, 1.165) is 20.0 Å². The van der Waals surface area contributed by atoms with Crippen molar-refractivity contribution in [1.29, 1.82) is 0 Å². The number of unbranched alkanes of at least 4 members (excludes halogenated alkanes) is 1. The molecule has 0 rings (SSSR count). The van der Waals surface area contributed by atoms with E-state index in [1.54, 1.807) is 13.8 Å². The minimum absolute atomic E-state index is 0. The van der Waals surface area contributed by atoms with E-state index in [0.29, 0.717) is 6.61 Å². The Kier molecular flexibility index (Phi) is 37.1. The number of carbonyl (C=O) groups excluding carboxylic acids is 1. The Labute approximate surface area is 92.4 Å². The summed E-state index contributed by atoms with van der Waals surface area (Å²) in [6.07, 6.45) is 1.88. The van der Waals surface area contributed by atoms with Gasteiger partial charge >= 0.3 is 5.97 Å². The van der Waals surface area contributed by atoms with Gasteiger partial charge in [-0.15, -0.1) is 0 Å². The first-order valence-electron chi connectivity index (χ1n) is 4.76. The van der Waals surface area contributed by atoms with Gasteiger partial charge in [0.05, 0.1) is 6.61 Å². The molecule has 5 nitrogen and oxygen atoms in total. The SMILES string of the molecule is CC(C)O.CCCCOC(C)=O.CO.O. The lowest BCUT2D eigenvalue weighted by Gasteiger charge is -1.96. The third-order valence-electron chi connectivity index (χ3n) is 0.803. The summed E-state index contributed by atoms with van der Waals surface area (Å²) in [6, 6.07) is 0. The number of hydrogen-bond donors (Lipinski definition) is 2. The summed E-state index contributed by atoms with van der Waals surface area (Å²) < 4.78 is 4.64. The van der Waals surface area contributed by atoms with Gasteiger partial charge in [-0.2, -0.15) is 0 Å². The first-order valence-corrected chi connectivity index (χ1v) is 4.76. The smallest absolute Gasteiger partial charge is 0.302 e. The maximum absolute atomic E-state index is 10.1. The molecule has 0 saturated heterocycles. The van der Waals surface area contributed by atoms with Crippen molar-refractivity contribution in [3.63, 3.8) is 0 Å². The number of carbonyl (C=O) groups is 1. The lowest BCUT2D eigenvalue weighted by atomic mass is 10.4. The molecule has 0 radical (unpaired) electrons. The van der Waals surface area contributed by atoms with Gasteiger partial charge < -0.3 is 20.4 Å². The van der Waals surface area contributed by atoms with Gasteiger partial charge in [-0.3, -0.25) is 4.79 Å². The van der Waals surface area contributed by atoms with Gasteiger partial charge in [0.15, 0.2) is 0 Å². The molecule has 0 bridgehead atoms. The van der Waals surface area contributed by atoms with Gasteiger partial charge in [0, 0.05) is 20.1 Å². The molecule has 0 aromatic heterocycles. The Morgan fingerprint density at radius 1 is 1.33 bits per heavy atom. The van der Waals surface area contributed by atoms with Crippen LogP contribution in [-0.4, -0.2) is 41.5 Å². The molecule has 4 N–H and O–H groups in total. The van der Waals surface area contributed by atoms with Crippen molar-refractivity contribution >= 4 is 5.97 Å². The second-order valence-electron chi connectivity index (χ2n) is 2.79. The fourth-order valence-electron chi connectivity index (χ4n) is 0.360. The average molecular weight is 226 g/mol. The molecule has 0 aliphatic carbocycles. The van der Waals surface area contributed by atoms with Crippen LogP contribution in [-0.2, 0) is 9.53 Å². The zero-order chi connectivity index (χ0) is 12.0. The highest BCUT2D eigenvalue weighted by molar-refractivity contribution is 5.65. The molecule has 0 aromatic carbocycles. The maximum Gasteiger partial charge on any atom is 0.302 e. The van der Waals surface area contributed by atoms with E-state index in [1.165, 1.54) is 6.92 Å². The highest BCUT2D eigenvalue weighted by Gasteiger charge is 1.88. The van der Waals surface area contributed by atoms with Crippen LogP contribution >= 0.6 is 0 Å². The minimum atomic E-state index is -0.182. The van der Waals surface area contributed by atoms with E-state index in [-0.39, 0.29) is 17.5 Å². The molecule has 0 saturated carbocycles. The molecule has 0 unspecified atom stereocenters. The van der Waals surface area contributed by atoms with E-state index in [2.05, 4.69) is 11.7 Å². The van der Waals surface area contributed by atoms with Gasteiger partial charge in [-0.25, -0.2) is 0 Å². The van der Waals surface area contributed by atoms with E-state index in [9.17, 15) is 4.79 Å². The van der Waals surface area contributed by atoms with Crippen LogP contribution in [0.25, 0.3) is 0 Å². The number of aliphatic hydroxyl groups excluding tert-OH is 2. The molecular weight excluding hydrogens is 200 g/mol. The fourth-order valence-corrected chi connectivity index (χ4v) is 0.360. The van der Waals surface area contributed by atoms with Crippen molar-refractivity contribution in [2.24, 2.45) is 0 Å². The summed E-state index contributed by atoms with van der Waals surface area (Å²) in [5.74, 6) is -0.182. The zero-order valence-corrected chi connectivity index (χ0v) is 10.4. The van der Waals surface area contributed by atoms with Gasteiger partial charge in [0.1, 0.15) is 0 Å². The number of ether oxygens (including phenoxy) is 1. The molecule has 0 aromatic rings. The normalized spacial score (nSPS) is 7.47. The second-order valence-corrected chi connectivity index (χ2v) is 2.79. The predicted octanol–water partition coefficient (Wildman–Crippen LogP) is 0.520. The summed E-state index contributed by atoms with van der Waals surface area (Å²) in [7, 11) is 1.00. The Morgan fingerprint density at radius 2 is 1.67 bits per heavy atom. The summed E-state index contributed by atoms with van der Waals surface area (Å²) >= 11 is 0. The molecule has 5 heteroatoms. The monoisotopic (exact) mass is 226 g/mol. The standard InChI is InChI=1S/C6H12O2.C3H8O.CH4O.H2O/c1-3-4-5-8-6(2)7;1-3(2)4;1-2;/h3-5H2,1-2H3;3-4H,1-2H3;2H,1H3;1H2. The van der Waals surface area contributed by atoms with Crippen molar-refractivity contribution in [3.05, 3.63) is 0 Å². The molecule has 15 heavy (non-hydrogen) atoms. The highest BCUT2D eigenvalue weighted by Crippen LogP contribution is 1.86. The molecular formula is C10H26O5. The molecule has 96 valence electrons. The molecule has 0 aliphatic heterocycles.